The second-order valence-electron chi connectivity index (χ2n) is 11.9. The van der Waals surface area contributed by atoms with Crippen LogP contribution in [0.15, 0.2) is 133 Å². The first-order valence-corrected chi connectivity index (χ1v) is 16.5. The number of hydrogen-bond donors (Lipinski definition) is 0. The van der Waals surface area contributed by atoms with Crippen molar-refractivity contribution in [3.63, 3.8) is 0 Å². The average Bonchev–Trinajstić information content (AvgIpc) is 3.14. The van der Waals surface area contributed by atoms with E-state index in [0.29, 0.717) is 62.1 Å². The highest BCUT2D eigenvalue weighted by Gasteiger charge is 2.45. The van der Waals surface area contributed by atoms with Gasteiger partial charge in [0.2, 0.25) is 11.2 Å². The predicted molar refractivity (Wildman–Crippen MR) is 184 cm³/mol. The van der Waals surface area contributed by atoms with Gasteiger partial charge < -0.3 is 17.7 Å². The molecule has 0 fully saturated rings. The molecule has 2 aliphatic heterocycles. The van der Waals surface area contributed by atoms with E-state index >= 15 is 0 Å². The van der Waals surface area contributed by atoms with Crippen molar-refractivity contribution in [2.75, 3.05) is 0 Å². The monoisotopic (exact) mass is 631 g/mol. The van der Waals surface area contributed by atoms with Gasteiger partial charge in [0.15, 0.2) is 51.0 Å². The summed E-state index contributed by atoms with van der Waals surface area (Å²) in [6, 6.07) is 35.5. The van der Waals surface area contributed by atoms with E-state index in [1.807, 2.05) is 121 Å². The Morgan fingerprint density at radius 2 is 0.915 bits per heavy atom. The highest BCUT2D eigenvalue weighted by Crippen LogP contribution is 2.61. The van der Waals surface area contributed by atoms with Gasteiger partial charge in [0.25, 0.3) is 0 Å². The molecular weight excluding hydrogens is 607 g/mol. The quantitative estimate of drug-likeness (QED) is 0.140. The summed E-state index contributed by atoms with van der Waals surface area (Å²) in [5.74, 6) is 1.87. The summed E-state index contributed by atoms with van der Waals surface area (Å²) in [6.45, 7) is 2.26. The van der Waals surface area contributed by atoms with Crippen LogP contribution in [0, 0.1) is 0 Å². The van der Waals surface area contributed by atoms with Crippen LogP contribution in [0.3, 0.4) is 0 Å². The highest BCUT2D eigenvalue weighted by molar-refractivity contribution is 8.00. The third-order valence-electron chi connectivity index (χ3n) is 9.00. The molecule has 8 aromatic rings. The zero-order valence-corrected chi connectivity index (χ0v) is 25.9. The minimum absolute atomic E-state index is 0.0270. The zero-order valence-electron chi connectivity index (χ0n) is 25.1. The first kappa shape index (κ1) is 26.6. The standard InChI is InChI=1S/C39H25N3O4S/c1-21-24-20-25(39-41-37(22-12-4-2-5-13-22)40-38(42-39)23-14-6-3-7-15-23)36(47-21)31-30(24)32-34(45-28-18-10-8-16-26(28)43-32)35-33(31)44-27-17-9-11-19-29(27)46-35/h2-21,24,36H,1H3/t21-,24?,36?/m1/s1. The lowest BCUT2D eigenvalue weighted by Gasteiger charge is -2.41. The Balaban J connectivity index is 1.27. The summed E-state index contributed by atoms with van der Waals surface area (Å²) in [5.41, 5.74) is 9.87. The number of allylic oxidation sites excluding steroid dienone is 1. The largest absolute Gasteiger partial charge is 0.449 e. The Kier molecular flexibility index (Phi) is 5.77. The second-order valence-corrected chi connectivity index (χ2v) is 13.3. The number of para-hydroxylation sites is 4. The van der Waals surface area contributed by atoms with Crippen molar-refractivity contribution in [1.82, 2.24) is 15.0 Å². The number of benzene rings is 5. The lowest BCUT2D eigenvalue weighted by molar-refractivity contribution is 0.544. The highest BCUT2D eigenvalue weighted by atomic mass is 32.2. The molecule has 5 aromatic carbocycles. The summed E-state index contributed by atoms with van der Waals surface area (Å²) in [4.78, 5) is 15.1. The topological polar surface area (TPSA) is 91.2 Å². The Morgan fingerprint density at radius 1 is 0.489 bits per heavy atom. The van der Waals surface area contributed by atoms with Crippen LogP contribution in [0.25, 0.3) is 73.0 Å². The molecule has 2 unspecified atom stereocenters. The third-order valence-corrected chi connectivity index (χ3v) is 10.5. The molecule has 3 atom stereocenters. The Bertz CT molecular complexity index is 2540. The van der Waals surface area contributed by atoms with E-state index in [1.165, 1.54) is 0 Å². The first-order valence-electron chi connectivity index (χ1n) is 15.6. The van der Waals surface area contributed by atoms with Crippen molar-refractivity contribution in [3.8, 4) is 22.8 Å². The molecular formula is C39H25N3O4S. The van der Waals surface area contributed by atoms with Crippen molar-refractivity contribution >= 4 is 62.0 Å². The molecule has 7 nitrogen and oxygen atoms in total. The van der Waals surface area contributed by atoms with Crippen LogP contribution >= 0.6 is 11.8 Å². The maximum atomic E-state index is 6.73. The van der Waals surface area contributed by atoms with Crippen molar-refractivity contribution in [3.05, 3.63) is 132 Å². The van der Waals surface area contributed by atoms with Gasteiger partial charge in [-0.25, -0.2) is 15.0 Å². The lowest BCUT2D eigenvalue weighted by atomic mass is 9.80. The maximum absolute atomic E-state index is 6.73. The van der Waals surface area contributed by atoms with Gasteiger partial charge in [0, 0.05) is 39.0 Å². The van der Waals surface area contributed by atoms with Crippen LogP contribution in [-0.4, -0.2) is 20.2 Å². The van der Waals surface area contributed by atoms with Crippen molar-refractivity contribution in [2.24, 2.45) is 0 Å². The molecule has 0 radical (unpaired) electrons. The van der Waals surface area contributed by atoms with E-state index in [2.05, 4.69) is 13.0 Å². The molecule has 11 rings (SSSR count). The van der Waals surface area contributed by atoms with E-state index in [4.69, 9.17) is 32.6 Å². The summed E-state index contributed by atoms with van der Waals surface area (Å²) < 4.78 is 26.6. The molecule has 8 heteroatoms. The number of rotatable bonds is 3. The normalized spacial score (nSPS) is 18.6. The Hall–Kier alpha value is -5.60. The fourth-order valence-corrected chi connectivity index (χ4v) is 8.33. The van der Waals surface area contributed by atoms with Gasteiger partial charge in [-0.05, 0) is 24.3 Å². The number of nitrogens with zero attached hydrogens (tertiary/aromatic N) is 3. The van der Waals surface area contributed by atoms with Gasteiger partial charge in [-0.1, -0.05) is 97.9 Å². The van der Waals surface area contributed by atoms with Crippen molar-refractivity contribution < 1.29 is 17.7 Å². The Labute approximate surface area is 272 Å². The lowest BCUT2D eigenvalue weighted by Crippen LogP contribution is -2.27. The van der Waals surface area contributed by atoms with Crippen LogP contribution in [0.4, 0.5) is 0 Å². The van der Waals surface area contributed by atoms with Gasteiger partial charge in [0.05, 0.1) is 5.25 Å². The van der Waals surface area contributed by atoms with Gasteiger partial charge in [-0.15, -0.1) is 11.8 Å². The zero-order chi connectivity index (χ0) is 31.1. The van der Waals surface area contributed by atoms with Gasteiger partial charge in [-0.2, -0.15) is 0 Å². The molecule has 5 heterocycles. The minimum atomic E-state index is -0.159. The van der Waals surface area contributed by atoms with Gasteiger partial charge in [0.1, 0.15) is 0 Å². The van der Waals surface area contributed by atoms with E-state index in [0.717, 1.165) is 27.8 Å². The number of fused-ring (bicyclic) bond motifs is 6. The molecule has 226 valence electrons. The molecule has 47 heavy (non-hydrogen) atoms. The number of hydrogen-bond acceptors (Lipinski definition) is 8. The van der Waals surface area contributed by atoms with E-state index in [1.54, 1.807) is 0 Å². The SMILES string of the molecule is C[C@H]1SC2C(c3nc(-c4ccccc4)nc(-c4ccccc4)n3)=CC1c1c2c2oc3ccccc3oc2c2oc3ccccc3oc12. The fraction of sp³-hybridized carbons (Fsp3) is 0.103. The predicted octanol–water partition coefficient (Wildman–Crippen LogP) is 10.7. The molecule has 3 aliphatic rings. The first-order chi connectivity index (χ1) is 23.2. The smallest absolute Gasteiger partial charge is 0.216 e. The average molecular weight is 632 g/mol. The van der Waals surface area contributed by atoms with Crippen LogP contribution in [0.5, 0.6) is 0 Å². The number of thioether (sulfide) groups is 1. The molecule has 0 spiro atoms. The Morgan fingerprint density at radius 3 is 1.43 bits per heavy atom. The van der Waals surface area contributed by atoms with Crippen molar-refractivity contribution in [1.29, 1.82) is 0 Å². The van der Waals surface area contributed by atoms with E-state index < -0.39 is 0 Å². The molecule has 1 aliphatic carbocycles. The second kappa shape index (κ2) is 10.2. The molecule has 2 bridgehead atoms. The maximum Gasteiger partial charge on any atom is 0.216 e. The van der Waals surface area contributed by atoms with Gasteiger partial charge in [-0.3, -0.25) is 0 Å². The molecule has 0 N–H and O–H groups in total. The van der Waals surface area contributed by atoms with E-state index in [-0.39, 0.29) is 16.4 Å². The summed E-state index contributed by atoms with van der Waals surface area (Å²) in [7, 11) is 0. The molecule has 0 saturated heterocycles. The summed E-state index contributed by atoms with van der Waals surface area (Å²) >= 11 is 1.87. The summed E-state index contributed by atoms with van der Waals surface area (Å²) in [5, 5.41) is 0.0910. The van der Waals surface area contributed by atoms with Crippen molar-refractivity contribution in [2.45, 2.75) is 23.3 Å². The van der Waals surface area contributed by atoms with Gasteiger partial charge >= 0.3 is 0 Å². The molecule has 0 saturated carbocycles. The summed E-state index contributed by atoms with van der Waals surface area (Å²) in [6.07, 6.45) is 2.31. The molecule has 3 aromatic heterocycles. The van der Waals surface area contributed by atoms with Crippen LogP contribution in [-0.2, 0) is 0 Å². The van der Waals surface area contributed by atoms with E-state index in [9.17, 15) is 0 Å². The van der Waals surface area contributed by atoms with Crippen LogP contribution in [0.2, 0.25) is 0 Å². The minimum Gasteiger partial charge on any atom is -0.449 e. The third kappa shape index (κ3) is 4.11. The van der Waals surface area contributed by atoms with Crippen LogP contribution < -0.4 is 0 Å². The van der Waals surface area contributed by atoms with Crippen LogP contribution in [0.1, 0.15) is 35.0 Å². The fourth-order valence-electron chi connectivity index (χ4n) is 6.81. The number of aromatic nitrogens is 3. The molecule has 0 amide bonds.